The topological polar surface area (TPSA) is 73.2 Å². The molecule has 0 aliphatic carbocycles. The van der Waals surface area contributed by atoms with Gasteiger partial charge in [-0.3, -0.25) is 14.2 Å². The molecule has 0 spiro atoms. The highest BCUT2D eigenvalue weighted by atomic mass is 32.2. The van der Waals surface area contributed by atoms with Gasteiger partial charge in [0, 0.05) is 7.11 Å². The molecule has 2 atom stereocenters. The number of aromatic nitrogens is 2. The van der Waals surface area contributed by atoms with Gasteiger partial charge in [0.05, 0.1) is 35.3 Å². The summed E-state index contributed by atoms with van der Waals surface area (Å²) in [5.41, 5.74) is 1.56. The van der Waals surface area contributed by atoms with Crippen LogP contribution in [0, 0.1) is 0 Å². The summed E-state index contributed by atoms with van der Waals surface area (Å²) in [6, 6.07) is 21.1. The van der Waals surface area contributed by atoms with Crippen LogP contribution in [0.5, 0.6) is 0 Å². The zero-order valence-corrected chi connectivity index (χ0v) is 19.8. The van der Waals surface area contributed by atoms with Gasteiger partial charge < -0.3 is 10.1 Å². The van der Waals surface area contributed by atoms with Crippen molar-refractivity contribution in [2.75, 3.05) is 19.5 Å². The van der Waals surface area contributed by atoms with Gasteiger partial charge in [-0.15, -0.1) is 0 Å². The highest BCUT2D eigenvalue weighted by Gasteiger charge is 2.18. The Kier molecular flexibility index (Phi) is 7.11. The van der Waals surface area contributed by atoms with Crippen LogP contribution >= 0.6 is 11.8 Å². The van der Waals surface area contributed by atoms with Crippen molar-refractivity contribution in [2.45, 2.75) is 31.1 Å². The molecule has 0 saturated carbocycles. The summed E-state index contributed by atoms with van der Waals surface area (Å²) in [7, 11) is 1.60. The second-order valence-electron chi connectivity index (χ2n) is 8.04. The van der Waals surface area contributed by atoms with E-state index in [0.717, 1.165) is 16.3 Å². The number of thioether (sulfide) groups is 1. The zero-order chi connectivity index (χ0) is 23.4. The second-order valence-corrected chi connectivity index (χ2v) is 8.98. The highest BCUT2D eigenvalue weighted by Crippen LogP contribution is 2.25. The number of hydrogen-bond donors (Lipinski definition) is 1. The molecule has 1 heterocycles. The maximum absolute atomic E-state index is 13.2. The van der Waals surface area contributed by atoms with E-state index in [4.69, 9.17) is 4.74 Å². The van der Waals surface area contributed by atoms with Gasteiger partial charge in [-0.1, -0.05) is 66.4 Å². The van der Waals surface area contributed by atoms with Crippen molar-refractivity contribution in [1.82, 2.24) is 14.9 Å². The smallest absolute Gasteiger partial charge is 0.262 e. The number of fused-ring (bicyclic) bond motifs is 2. The first-order chi connectivity index (χ1) is 16.0. The summed E-state index contributed by atoms with van der Waals surface area (Å²) >= 11 is 1.26. The molecule has 0 saturated heterocycles. The fourth-order valence-electron chi connectivity index (χ4n) is 4.05. The summed E-state index contributed by atoms with van der Waals surface area (Å²) in [5.74, 6) is 0.0355. The number of ether oxygens (including phenoxy) is 1. The van der Waals surface area contributed by atoms with Crippen LogP contribution in [0.4, 0.5) is 0 Å². The van der Waals surface area contributed by atoms with E-state index in [9.17, 15) is 9.59 Å². The number of benzene rings is 3. The third-order valence-electron chi connectivity index (χ3n) is 5.62. The summed E-state index contributed by atoms with van der Waals surface area (Å²) in [6.07, 6.45) is 0. The van der Waals surface area contributed by atoms with E-state index in [1.807, 2.05) is 56.3 Å². The Balaban J connectivity index is 1.54. The molecule has 170 valence electrons. The van der Waals surface area contributed by atoms with Gasteiger partial charge >= 0.3 is 0 Å². The Morgan fingerprint density at radius 3 is 2.52 bits per heavy atom. The van der Waals surface area contributed by atoms with E-state index in [-0.39, 0.29) is 29.3 Å². The van der Waals surface area contributed by atoms with E-state index in [0.29, 0.717) is 22.7 Å². The summed E-state index contributed by atoms with van der Waals surface area (Å²) in [6.45, 7) is 4.26. The lowest BCUT2D eigenvalue weighted by Gasteiger charge is -2.19. The molecule has 0 aliphatic heterocycles. The number of para-hydroxylation sites is 1. The molecule has 0 fully saturated rings. The third kappa shape index (κ3) is 4.94. The second kappa shape index (κ2) is 10.2. The molecule has 0 bridgehead atoms. The predicted octanol–water partition coefficient (Wildman–Crippen LogP) is 4.73. The van der Waals surface area contributed by atoms with E-state index in [1.54, 1.807) is 17.7 Å². The number of nitrogens with zero attached hydrogens (tertiary/aromatic N) is 2. The van der Waals surface area contributed by atoms with Gasteiger partial charge in [-0.05, 0) is 42.3 Å². The molecule has 1 amide bonds. The minimum Gasteiger partial charge on any atom is -0.383 e. The first kappa shape index (κ1) is 23.0. The van der Waals surface area contributed by atoms with Gasteiger partial charge in [0.2, 0.25) is 5.91 Å². The molecule has 7 heteroatoms. The average molecular weight is 462 g/mol. The van der Waals surface area contributed by atoms with Gasteiger partial charge in [0.15, 0.2) is 5.16 Å². The van der Waals surface area contributed by atoms with Crippen LogP contribution in [0.1, 0.15) is 31.5 Å². The van der Waals surface area contributed by atoms with Crippen LogP contribution in [-0.2, 0) is 9.53 Å². The minimum atomic E-state index is -0.209. The van der Waals surface area contributed by atoms with E-state index >= 15 is 0 Å². The predicted molar refractivity (Wildman–Crippen MR) is 134 cm³/mol. The Hall–Kier alpha value is -3.16. The number of amides is 1. The molecule has 0 unspecified atom stereocenters. The molecule has 4 rings (SSSR count). The number of rotatable bonds is 8. The van der Waals surface area contributed by atoms with Gasteiger partial charge in [0.1, 0.15) is 0 Å². The first-order valence-corrected chi connectivity index (χ1v) is 11.9. The summed E-state index contributed by atoms with van der Waals surface area (Å²) in [4.78, 5) is 30.7. The quantitative estimate of drug-likeness (QED) is 0.303. The van der Waals surface area contributed by atoms with E-state index in [2.05, 4.69) is 28.5 Å². The number of nitrogens with one attached hydrogen (secondary N) is 1. The Bertz CT molecular complexity index is 1350. The number of carbonyl (C=O) groups excluding carboxylic acids is 1. The zero-order valence-electron chi connectivity index (χ0n) is 18.9. The summed E-state index contributed by atoms with van der Waals surface area (Å²) < 4.78 is 6.89. The summed E-state index contributed by atoms with van der Waals surface area (Å²) in [5, 5.41) is 6.41. The molecular weight excluding hydrogens is 434 g/mol. The Labute approximate surface area is 197 Å². The van der Waals surface area contributed by atoms with Gasteiger partial charge in [-0.2, -0.15) is 0 Å². The minimum absolute atomic E-state index is 0.117. The first-order valence-electron chi connectivity index (χ1n) is 10.9. The molecule has 33 heavy (non-hydrogen) atoms. The van der Waals surface area contributed by atoms with Crippen molar-refractivity contribution >= 4 is 39.3 Å². The van der Waals surface area contributed by atoms with E-state index in [1.165, 1.54) is 11.8 Å². The fraction of sp³-hybridized carbons (Fsp3) is 0.269. The average Bonchev–Trinajstić information content (AvgIpc) is 2.82. The molecule has 0 radical (unpaired) electrons. The fourth-order valence-corrected chi connectivity index (χ4v) is 4.96. The normalized spacial score (nSPS) is 13.2. The van der Waals surface area contributed by atoms with Crippen LogP contribution in [-0.4, -0.2) is 34.9 Å². The van der Waals surface area contributed by atoms with Crippen LogP contribution in [0.2, 0.25) is 0 Å². The highest BCUT2D eigenvalue weighted by molar-refractivity contribution is 7.99. The lowest BCUT2D eigenvalue weighted by atomic mass is 10.00. The molecule has 4 aromatic rings. The van der Waals surface area contributed by atoms with Gasteiger partial charge in [0.25, 0.3) is 5.56 Å². The van der Waals surface area contributed by atoms with Crippen LogP contribution in [0.25, 0.3) is 21.7 Å². The SMILES string of the molecule is COC[C@@H](C)n1c(SCC(=O)N[C@@H](C)c2cccc3ccccc23)nc2ccccc2c1=O. The molecule has 1 aromatic heterocycles. The largest absolute Gasteiger partial charge is 0.383 e. The third-order valence-corrected chi connectivity index (χ3v) is 6.58. The van der Waals surface area contributed by atoms with Crippen molar-refractivity contribution < 1.29 is 9.53 Å². The molecule has 3 aromatic carbocycles. The van der Waals surface area contributed by atoms with Crippen molar-refractivity contribution in [2.24, 2.45) is 0 Å². The Morgan fingerprint density at radius 1 is 1.03 bits per heavy atom. The molecule has 6 nitrogen and oxygen atoms in total. The van der Waals surface area contributed by atoms with Crippen LogP contribution in [0.3, 0.4) is 0 Å². The van der Waals surface area contributed by atoms with Crippen molar-refractivity contribution in [3.63, 3.8) is 0 Å². The maximum atomic E-state index is 13.2. The van der Waals surface area contributed by atoms with Crippen LogP contribution < -0.4 is 10.9 Å². The van der Waals surface area contributed by atoms with Crippen LogP contribution in [0.15, 0.2) is 76.7 Å². The van der Waals surface area contributed by atoms with Crippen molar-refractivity contribution in [3.8, 4) is 0 Å². The monoisotopic (exact) mass is 461 g/mol. The number of methoxy groups -OCH3 is 1. The standard InChI is InChI=1S/C26H27N3O3S/c1-17(15-32-3)29-25(31)22-12-6-7-14-23(22)28-26(29)33-16-24(30)27-18(2)20-13-8-10-19-9-4-5-11-21(19)20/h4-14,17-18H,15-16H2,1-3H3,(H,27,30)/t17-,18+/m1/s1. The lowest BCUT2D eigenvalue weighted by Crippen LogP contribution is -2.30. The molecular formula is C26H27N3O3S. The maximum Gasteiger partial charge on any atom is 0.262 e. The van der Waals surface area contributed by atoms with Crippen molar-refractivity contribution in [1.29, 1.82) is 0 Å². The van der Waals surface area contributed by atoms with Crippen molar-refractivity contribution in [3.05, 3.63) is 82.6 Å². The van der Waals surface area contributed by atoms with Gasteiger partial charge in [-0.25, -0.2) is 4.98 Å². The molecule has 1 N–H and O–H groups in total. The van der Waals surface area contributed by atoms with E-state index < -0.39 is 0 Å². The lowest BCUT2D eigenvalue weighted by molar-refractivity contribution is -0.119. The molecule has 0 aliphatic rings. The Morgan fingerprint density at radius 2 is 1.73 bits per heavy atom. The number of hydrogen-bond acceptors (Lipinski definition) is 5. The number of carbonyl (C=O) groups is 1.